The molecule has 1 fully saturated rings. The predicted octanol–water partition coefficient (Wildman–Crippen LogP) is 7.49. The number of ether oxygens (including phenoxy) is 2. The fraction of sp³-hybridized carbons (Fsp3) is 0.222. The molecular weight excluding hydrogens is 757 g/mol. The second-order valence-corrected chi connectivity index (χ2v) is 16.6. The van der Waals surface area contributed by atoms with Gasteiger partial charge < -0.3 is 19.9 Å². The molecule has 6 aromatic rings. The van der Waals surface area contributed by atoms with E-state index in [4.69, 9.17) is 9.47 Å². The Morgan fingerprint density at radius 3 is 2.21 bits per heavy atom. The third-order valence-corrected chi connectivity index (χ3v) is 12.2. The molecule has 0 aliphatic carbocycles. The molecule has 0 spiro atoms. The molecule has 0 bridgehead atoms. The van der Waals surface area contributed by atoms with E-state index in [9.17, 15) is 18.3 Å². The van der Waals surface area contributed by atoms with Gasteiger partial charge in [0.15, 0.2) is 11.4 Å². The van der Waals surface area contributed by atoms with Crippen LogP contribution in [0.4, 0.5) is 0 Å². The molecule has 3 N–H and O–H groups in total. The lowest BCUT2D eigenvalue weighted by Gasteiger charge is -2.36. The third kappa shape index (κ3) is 10.8. The smallest absolute Gasteiger partial charge is 0.241 e. The van der Waals surface area contributed by atoms with Gasteiger partial charge in [-0.25, -0.2) is 18.4 Å². The summed E-state index contributed by atoms with van der Waals surface area (Å²) < 4.78 is 42.3. The molecule has 1 aromatic heterocycles. The molecule has 2 heterocycles. The van der Waals surface area contributed by atoms with E-state index in [1.54, 1.807) is 42.4 Å². The second kappa shape index (κ2) is 18.8. The van der Waals surface area contributed by atoms with E-state index in [-0.39, 0.29) is 36.7 Å². The number of nitrogens with one attached hydrogen (secondary N) is 2. The molecule has 5 aromatic carbocycles. The highest BCUT2D eigenvalue weighted by molar-refractivity contribution is 7.99. The molecule has 1 amide bonds. The van der Waals surface area contributed by atoms with Crippen LogP contribution in [0.25, 0.3) is 11.1 Å². The van der Waals surface area contributed by atoms with Gasteiger partial charge in [0.25, 0.3) is 0 Å². The number of hydrogen-bond acceptors (Lipinski definition) is 9. The lowest BCUT2D eigenvalue weighted by Crippen LogP contribution is -2.47. The van der Waals surface area contributed by atoms with Crippen molar-refractivity contribution in [3.05, 3.63) is 179 Å². The van der Waals surface area contributed by atoms with Gasteiger partial charge in [-0.2, -0.15) is 4.72 Å². The molecule has 292 valence electrons. The first-order chi connectivity index (χ1) is 27.7. The van der Waals surface area contributed by atoms with Gasteiger partial charge in [0, 0.05) is 36.7 Å². The van der Waals surface area contributed by atoms with Crippen molar-refractivity contribution in [1.82, 2.24) is 20.0 Å². The molecule has 4 unspecified atom stereocenters. The number of aliphatic hydroxyl groups is 1. The number of hydrogen-bond donors (Lipinski definition) is 3. The van der Waals surface area contributed by atoms with Crippen molar-refractivity contribution < 1.29 is 27.8 Å². The van der Waals surface area contributed by atoms with Crippen molar-refractivity contribution in [2.75, 3.05) is 5.75 Å². The van der Waals surface area contributed by atoms with Gasteiger partial charge in [0.1, 0.15) is 6.04 Å². The van der Waals surface area contributed by atoms with E-state index in [1.807, 2.05) is 110 Å². The summed E-state index contributed by atoms with van der Waals surface area (Å²) in [7, 11) is -3.96. The summed E-state index contributed by atoms with van der Waals surface area (Å²) in [6.07, 6.45) is 3.35. The Morgan fingerprint density at radius 2 is 1.49 bits per heavy atom. The number of sulfonamides is 1. The predicted molar refractivity (Wildman–Crippen MR) is 220 cm³/mol. The largest absolute Gasteiger partial charge is 0.392 e. The molecule has 57 heavy (non-hydrogen) atoms. The molecule has 1 aliphatic rings. The molecule has 0 radical (unpaired) electrons. The number of nitrogens with zero attached hydrogens (tertiary/aromatic N) is 2. The number of amides is 1. The highest BCUT2D eigenvalue weighted by atomic mass is 32.2. The Morgan fingerprint density at radius 1 is 0.789 bits per heavy atom. The van der Waals surface area contributed by atoms with E-state index < -0.39 is 28.3 Å². The van der Waals surface area contributed by atoms with E-state index in [0.29, 0.717) is 17.3 Å². The summed E-state index contributed by atoms with van der Waals surface area (Å²) >= 11 is 1.55. The van der Waals surface area contributed by atoms with Crippen LogP contribution in [0.3, 0.4) is 0 Å². The minimum Gasteiger partial charge on any atom is -0.392 e. The number of aromatic nitrogens is 2. The van der Waals surface area contributed by atoms with Crippen molar-refractivity contribution in [2.24, 2.45) is 0 Å². The molecule has 7 rings (SSSR count). The van der Waals surface area contributed by atoms with E-state index >= 15 is 0 Å². The quantitative estimate of drug-likeness (QED) is 0.0713. The standard InChI is InChI=1S/C45H44N4O6S2/c1-31-11-21-40(22-12-31)57(52,53)49-41(26-32-7-3-2-4-8-32)43(51)48-28-34-9-5-10-38(25-34)35-17-19-37(20-18-35)44-54-39(30-56-45-46-23-6-24-47-45)27-42(55-44)36-15-13-33(29-50)14-16-36/h2-25,39,41-42,44,49-50H,26-30H2,1H3,(H,48,51). The van der Waals surface area contributed by atoms with Gasteiger partial charge in [-0.1, -0.05) is 127 Å². The minimum absolute atomic E-state index is 0.0219. The number of benzene rings is 5. The fourth-order valence-corrected chi connectivity index (χ4v) is 8.58. The van der Waals surface area contributed by atoms with Crippen LogP contribution in [0.2, 0.25) is 0 Å². The Balaban J connectivity index is 1.03. The molecule has 1 aliphatic heterocycles. The average Bonchev–Trinajstić information content (AvgIpc) is 3.25. The highest BCUT2D eigenvalue weighted by Gasteiger charge is 2.32. The number of rotatable bonds is 15. The third-order valence-electron chi connectivity index (χ3n) is 9.69. The van der Waals surface area contributed by atoms with Crippen molar-refractivity contribution in [3.8, 4) is 11.1 Å². The van der Waals surface area contributed by atoms with Crippen molar-refractivity contribution in [3.63, 3.8) is 0 Å². The van der Waals surface area contributed by atoms with Gasteiger partial charge in [0.2, 0.25) is 15.9 Å². The van der Waals surface area contributed by atoms with Gasteiger partial charge in [-0.15, -0.1) is 0 Å². The van der Waals surface area contributed by atoms with Crippen LogP contribution in [-0.2, 0) is 43.9 Å². The van der Waals surface area contributed by atoms with E-state index in [2.05, 4.69) is 20.0 Å². The van der Waals surface area contributed by atoms with Gasteiger partial charge in [-0.3, -0.25) is 4.79 Å². The molecular formula is C45H44N4O6S2. The summed E-state index contributed by atoms with van der Waals surface area (Å²) in [5, 5.41) is 13.2. The summed E-state index contributed by atoms with van der Waals surface area (Å²) in [6, 6.07) is 40.4. The van der Waals surface area contributed by atoms with Crippen molar-refractivity contribution >= 4 is 27.7 Å². The molecule has 0 saturated carbocycles. The van der Waals surface area contributed by atoms with Gasteiger partial charge in [-0.05, 0) is 71.0 Å². The van der Waals surface area contributed by atoms with Crippen LogP contribution < -0.4 is 10.0 Å². The number of aliphatic hydroxyl groups excluding tert-OH is 1. The summed E-state index contributed by atoms with van der Waals surface area (Å²) in [4.78, 5) is 22.4. The lowest BCUT2D eigenvalue weighted by molar-refractivity contribution is -0.245. The molecule has 4 atom stereocenters. The van der Waals surface area contributed by atoms with Crippen molar-refractivity contribution in [1.29, 1.82) is 0 Å². The van der Waals surface area contributed by atoms with Crippen LogP contribution in [0.1, 0.15) is 52.2 Å². The normalized spacial score (nSPS) is 17.5. The summed E-state index contributed by atoms with van der Waals surface area (Å²) in [5.41, 5.74) is 7.30. The van der Waals surface area contributed by atoms with Crippen LogP contribution in [-0.4, -0.2) is 47.3 Å². The minimum atomic E-state index is -3.96. The maximum atomic E-state index is 13.6. The number of thioether (sulfide) groups is 1. The monoisotopic (exact) mass is 800 g/mol. The van der Waals surface area contributed by atoms with Crippen molar-refractivity contribution in [2.45, 2.75) is 67.5 Å². The first-order valence-electron chi connectivity index (χ1n) is 18.7. The average molecular weight is 801 g/mol. The van der Waals surface area contributed by atoms with Crippen LogP contribution in [0.5, 0.6) is 0 Å². The van der Waals surface area contributed by atoms with E-state index in [0.717, 1.165) is 44.5 Å². The zero-order chi connectivity index (χ0) is 39.6. The topological polar surface area (TPSA) is 140 Å². The lowest BCUT2D eigenvalue weighted by atomic mass is 9.99. The molecule has 1 saturated heterocycles. The summed E-state index contributed by atoms with van der Waals surface area (Å²) in [6.45, 7) is 2.07. The zero-order valence-electron chi connectivity index (χ0n) is 31.4. The fourth-order valence-electron chi connectivity index (χ4n) is 6.57. The van der Waals surface area contributed by atoms with Gasteiger partial charge >= 0.3 is 0 Å². The van der Waals surface area contributed by atoms with Crippen LogP contribution in [0, 0.1) is 6.92 Å². The number of aryl methyl sites for hydroxylation is 1. The zero-order valence-corrected chi connectivity index (χ0v) is 33.0. The van der Waals surface area contributed by atoms with Crippen LogP contribution >= 0.6 is 11.8 Å². The number of carbonyl (C=O) groups is 1. The highest BCUT2D eigenvalue weighted by Crippen LogP contribution is 2.39. The SMILES string of the molecule is Cc1ccc(S(=O)(=O)NC(Cc2ccccc2)C(=O)NCc2cccc(-c3ccc(C4OC(CSc5ncccn5)CC(c5ccc(CO)cc5)O4)cc3)c2)cc1. The number of carbonyl (C=O) groups excluding carboxylic acids is 1. The molecule has 10 nitrogen and oxygen atoms in total. The maximum Gasteiger partial charge on any atom is 0.241 e. The maximum absolute atomic E-state index is 13.6. The second-order valence-electron chi connectivity index (χ2n) is 13.9. The Kier molecular flexibility index (Phi) is 13.2. The Bertz CT molecular complexity index is 2330. The van der Waals surface area contributed by atoms with Crippen LogP contribution in [0.15, 0.2) is 156 Å². The van der Waals surface area contributed by atoms with E-state index in [1.165, 1.54) is 12.1 Å². The first kappa shape index (κ1) is 40.0. The molecule has 12 heteroatoms. The Labute approximate surface area is 337 Å². The van der Waals surface area contributed by atoms with Gasteiger partial charge in [0.05, 0.1) is 23.7 Å². The Hall–Kier alpha value is -5.21. The first-order valence-corrected chi connectivity index (χ1v) is 21.2. The summed E-state index contributed by atoms with van der Waals surface area (Å²) in [5.74, 6) is 0.231.